The summed E-state index contributed by atoms with van der Waals surface area (Å²) in [6.45, 7) is 3.11. The van der Waals surface area contributed by atoms with Crippen molar-refractivity contribution in [3.05, 3.63) is 69.2 Å². The lowest BCUT2D eigenvalue weighted by Gasteiger charge is -2.41. The molecule has 0 spiro atoms. The molecule has 7 N–H and O–H groups in total. The zero-order valence-corrected chi connectivity index (χ0v) is 26.2. The summed E-state index contributed by atoms with van der Waals surface area (Å²) in [6, 6.07) is 8.01. The highest BCUT2D eigenvalue weighted by Crippen LogP contribution is 2.35. The molecule has 3 fully saturated rings. The summed E-state index contributed by atoms with van der Waals surface area (Å²) in [5.41, 5.74) is 1.12. The van der Waals surface area contributed by atoms with Crippen molar-refractivity contribution < 1.29 is 59.1 Å². The number of amides is 1. The molecule has 15 heteroatoms. The lowest BCUT2D eigenvalue weighted by Crippen LogP contribution is -2.67. The minimum Gasteiger partial charge on any atom is -0.504 e. The van der Waals surface area contributed by atoms with Gasteiger partial charge in [0.15, 0.2) is 11.5 Å². The number of phenolic OH excluding ortho intramolecular Hbond substituents is 1. The maximum atomic E-state index is 12.9. The van der Waals surface area contributed by atoms with Gasteiger partial charge in [-0.25, -0.2) is 0 Å². The highest BCUT2D eigenvalue weighted by molar-refractivity contribution is 6.42. The average molecular weight is 685 g/mol. The fraction of sp³-hybridized carbons (Fsp3) is 0.452. The molecule has 5 rings (SSSR count). The smallest absolute Gasteiger partial charge is 0.247 e. The SMILES string of the molecule is CC(=Cc1ccc(O[C@@H]2O[C@H](C(C)=CCOc3cccc(Cl)c3Cl)[C@@H](O)[C@@H]2O)c(O)c1)C(=O)N[C@@H]1[C@H](O)[C@@H](O)[C@H]2OCO[C@H]2[C@@H]1O. The number of benzene rings is 2. The van der Waals surface area contributed by atoms with Crippen LogP contribution >= 0.6 is 23.2 Å². The first kappa shape index (κ1) is 34.4. The number of rotatable bonds is 9. The van der Waals surface area contributed by atoms with E-state index in [1.807, 2.05) is 0 Å². The summed E-state index contributed by atoms with van der Waals surface area (Å²) in [4.78, 5) is 12.9. The summed E-state index contributed by atoms with van der Waals surface area (Å²) in [6.07, 6.45) is -7.93. The highest BCUT2D eigenvalue weighted by Gasteiger charge is 2.53. The van der Waals surface area contributed by atoms with E-state index in [1.54, 1.807) is 31.2 Å². The van der Waals surface area contributed by atoms with E-state index in [2.05, 4.69) is 5.32 Å². The van der Waals surface area contributed by atoms with Crippen molar-refractivity contribution >= 4 is 35.2 Å². The van der Waals surface area contributed by atoms with E-state index < -0.39 is 67.1 Å². The van der Waals surface area contributed by atoms with Gasteiger partial charge >= 0.3 is 0 Å². The predicted octanol–water partition coefficient (Wildman–Crippen LogP) is 1.28. The summed E-state index contributed by atoms with van der Waals surface area (Å²) in [5.74, 6) is -0.640. The van der Waals surface area contributed by atoms with Crippen molar-refractivity contribution in [2.75, 3.05) is 13.4 Å². The molecule has 2 aromatic rings. The van der Waals surface area contributed by atoms with Crippen LogP contribution < -0.4 is 14.8 Å². The van der Waals surface area contributed by atoms with Crippen molar-refractivity contribution in [2.24, 2.45) is 0 Å². The Balaban J connectivity index is 1.18. The molecule has 10 atom stereocenters. The fourth-order valence-corrected chi connectivity index (χ4v) is 5.83. The number of hydrogen-bond acceptors (Lipinski definition) is 12. The molecule has 2 saturated heterocycles. The van der Waals surface area contributed by atoms with Gasteiger partial charge in [-0.05, 0) is 61.4 Å². The van der Waals surface area contributed by atoms with E-state index in [4.69, 9.17) is 46.9 Å². The van der Waals surface area contributed by atoms with E-state index in [0.29, 0.717) is 21.9 Å². The highest BCUT2D eigenvalue weighted by atomic mass is 35.5. The largest absolute Gasteiger partial charge is 0.504 e. The molecule has 1 amide bonds. The Labute approximate surface area is 274 Å². The predicted molar refractivity (Wildman–Crippen MR) is 163 cm³/mol. The van der Waals surface area contributed by atoms with Crippen LogP contribution in [0, 0.1) is 0 Å². The zero-order valence-electron chi connectivity index (χ0n) is 24.7. The van der Waals surface area contributed by atoms with Crippen molar-refractivity contribution in [3.63, 3.8) is 0 Å². The van der Waals surface area contributed by atoms with Crippen molar-refractivity contribution in [1.29, 1.82) is 0 Å². The second kappa shape index (κ2) is 14.4. The topological polar surface area (TPSA) is 197 Å². The van der Waals surface area contributed by atoms with Gasteiger partial charge in [-0.2, -0.15) is 0 Å². The Morgan fingerprint density at radius 1 is 0.957 bits per heavy atom. The molecular formula is C31H35Cl2NO12. The van der Waals surface area contributed by atoms with E-state index >= 15 is 0 Å². The van der Waals surface area contributed by atoms with E-state index in [9.17, 15) is 35.4 Å². The van der Waals surface area contributed by atoms with Gasteiger partial charge in [0.2, 0.25) is 12.2 Å². The van der Waals surface area contributed by atoms with Gasteiger partial charge in [0, 0.05) is 5.57 Å². The normalized spacial score (nSPS) is 33.1. The molecule has 0 aromatic heterocycles. The van der Waals surface area contributed by atoms with Crippen LogP contribution in [-0.2, 0) is 19.0 Å². The number of fused-ring (bicyclic) bond motifs is 1. The van der Waals surface area contributed by atoms with Crippen LogP contribution in [0.25, 0.3) is 6.08 Å². The second-order valence-corrected chi connectivity index (χ2v) is 12.0. The number of carbonyl (C=O) groups is 1. The Morgan fingerprint density at radius 3 is 2.39 bits per heavy atom. The molecule has 13 nitrogen and oxygen atoms in total. The first-order chi connectivity index (χ1) is 21.9. The monoisotopic (exact) mass is 683 g/mol. The van der Waals surface area contributed by atoms with Crippen LogP contribution in [-0.4, -0.2) is 111 Å². The molecule has 1 saturated carbocycles. The summed E-state index contributed by atoms with van der Waals surface area (Å²) < 4.78 is 27.6. The molecule has 0 unspecified atom stereocenters. The fourth-order valence-electron chi connectivity index (χ4n) is 5.48. The molecule has 3 aliphatic rings. The second-order valence-electron chi connectivity index (χ2n) is 11.2. The minimum absolute atomic E-state index is 0.0486. The quantitative estimate of drug-likeness (QED) is 0.148. The van der Waals surface area contributed by atoms with Gasteiger partial charge in [0.1, 0.15) is 73.0 Å². The number of phenols is 1. The minimum atomic E-state index is -1.50. The standard InChI is InChI=1S/C31H35Cl2NO12/c1-13(8-9-42-19-5-3-4-16(32)20(19)33)27-25(39)26(40)31(46-27)45-18-7-6-15(11-17(18)35)10-14(2)30(41)34-21-22(36)24(38)29-28(23(21)37)43-12-44-29/h3-8,10-11,21-29,31,35-40H,9,12H2,1-2H3,(H,34,41)/t21-,22+,23-,24-,25+,26+,27-,28+,29-,31-/m1/s1. The summed E-state index contributed by atoms with van der Waals surface area (Å²) >= 11 is 12.1. The number of nitrogens with one attached hydrogen (secondary N) is 1. The van der Waals surface area contributed by atoms with Gasteiger partial charge in [-0.15, -0.1) is 0 Å². The average Bonchev–Trinajstić information content (AvgIpc) is 3.63. The molecule has 2 heterocycles. The lowest BCUT2D eigenvalue weighted by atomic mass is 9.83. The molecule has 250 valence electrons. The molecule has 46 heavy (non-hydrogen) atoms. The maximum Gasteiger partial charge on any atom is 0.247 e. The molecule has 0 radical (unpaired) electrons. The number of halogens is 2. The van der Waals surface area contributed by atoms with Crippen LogP contribution in [0.2, 0.25) is 10.0 Å². The van der Waals surface area contributed by atoms with E-state index in [-0.39, 0.29) is 35.5 Å². The zero-order chi connectivity index (χ0) is 33.3. The van der Waals surface area contributed by atoms with Crippen molar-refractivity contribution in [2.45, 2.75) is 75.0 Å². The third-order valence-electron chi connectivity index (χ3n) is 8.10. The summed E-state index contributed by atoms with van der Waals surface area (Å²) in [7, 11) is 0. The van der Waals surface area contributed by atoms with Crippen LogP contribution in [0.5, 0.6) is 17.2 Å². The summed E-state index contributed by atoms with van der Waals surface area (Å²) in [5, 5.41) is 66.3. The van der Waals surface area contributed by atoms with E-state index in [0.717, 1.165) is 0 Å². The van der Waals surface area contributed by atoms with Crippen LogP contribution in [0.1, 0.15) is 19.4 Å². The van der Waals surface area contributed by atoms with Crippen LogP contribution in [0.15, 0.2) is 53.6 Å². The third kappa shape index (κ3) is 7.14. The van der Waals surface area contributed by atoms with Crippen molar-refractivity contribution in [1.82, 2.24) is 5.32 Å². The van der Waals surface area contributed by atoms with E-state index in [1.165, 1.54) is 31.2 Å². The Hall–Kier alpha value is -2.95. The number of hydrogen-bond donors (Lipinski definition) is 7. The number of ether oxygens (including phenoxy) is 5. The first-order valence-electron chi connectivity index (χ1n) is 14.4. The number of aromatic hydroxyl groups is 1. The molecule has 2 aromatic carbocycles. The Morgan fingerprint density at radius 2 is 1.67 bits per heavy atom. The molecule has 0 bridgehead atoms. The Bertz CT molecular complexity index is 1490. The first-order valence-corrected chi connectivity index (χ1v) is 15.1. The lowest BCUT2D eigenvalue weighted by molar-refractivity contribution is -0.155. The molecule has 1 aliphatic carbocycles. The molecular weight excluding hydrogens is 649 g/mol. The molecule has 2 aliphatic heterocycles. The maximum absolute atomic E-state index is 12.9. The van der Waals surface area contributed by atoms with Gasteiger partial charge in [0.05, 0.1) is 11.1 Å². The van der Waals surface area contributed by atoms with Gasteiger partial charge in [-0.1, -0.05) is 35.3 Å². The number of carbonyl (C=O) groups excluding carboxylic acids is 1. The number of aliphatic hydroxyl groups is 5. The Kier molecular flexibility index (Phi) is 10.8. The van der Waals surface area contributed by atoms with Gasteiger partial charge in [-0.3, -0.25) is 4.79 Å². The van der Waals surface area contributed by atoms with Gasteiger partial charge in [0.25, 0.3) is 0 Å². The third-order valence-corrected chi connectivity index (χ3v) is 8.90. The number of aliphatic hydroxyl groups excluding tert-OH is 5. The van der Waals surface area contributed by atoms with Gasteiger partial charge < -0.3 is 59.6 Å². The van der Waals surface area contributed by atoms with Crippen LogP contribution in [0.3, 0.4) is 0 Å². The van der Waals surface area contributed by atoms with Crippen molar-refractivity contribution in [3.8, 4) is 17.2 Å². The van der Waals surface area contributed by atoms with Crippen LogP contribution in [0.4, 0.5) is 0 Å².